The van der Waals surface area contributed by atoms with Crippen molar-refractivity contribution in [3.05, 3.63) is 47.7 Å². The number of methoxy groups -OCH3 is 1. The lowest BCUT2D eigenvalue weighted by Crippen LogP contribution is -2.24. The maximum absolute atomic E-state index is 12.4. The Kier molecular flexibility index (Phi) is 4.17. The monoisotopic (exact) mass is 340 g/mol. The van der Waals surface area contributed by atoms with Gasteiger partial charge in [0.15, 0.2) is 11.5 Å². The fourth-order valence-corrected chi connectivity index (χ4v) is 3.14. The summed E-state index contributed by atoms with van der Waals surface area (Å²) in [4.78, 5) is 16.5. The summed E-state index contributed by atoms with van der Waals surface area (Å²) in [6, 6.07) is 9.65. The number of hydrogen-bond donors (Lipinski definition) is 1. The van der Waals surface area contributed by atoms with Gasteiger partial charge in [-0.3, -0.25) is 4.79 Å². The van der Waals surface area contributed by atoms with Gasteiger partial charge in [0.25, 0.3) is 0 Å². The van der Waals surface area contributed by atoms with E-state index in [1.807, 2.05) is 30.3 Å². The molecule has 0 spiro atoms. The molecule has 6 nitrogen and oxygen atoms in total. The summed E-state index contributed by atoms with van der Waals surface area (Å²) < 4.78 is 16.3. The zero-order chi connectivity index (χ0) is 17.2. The Morgan fingerprint density at radius 1 is 1.24 bits per heavy atom. The first kappa shape index (κ1) is 15.7. The minimum atomic E-state index is 0.0197. The van der Waals surface area contributed by atoms with Crippen molar-refractivity contribution in [2.45, 2.75) is 18.9 Å². The summed E-state index contributed by atoms with van der Waals surface area (Å²) in [6.45, 7) is 1.63. The van der Waals surface area contributed by atoms with Crippen molar-refractivity contribution >= 4 is 5.91 Å². The van der Waals surface area contributed by atoms with Crippen molar-refractivity contribution in [1.29, 1.82) is 0 Å². The topological polar surface area (TPSA) is 69.7 Å². The molecule has 4 rings (SSSR count). The van der Waals surface area contributed by atoms with Crippen LogP contribution in [0.4, 0.5) is 0 Å². The second-order valence-electron chi connectivity index (χ2n) is 6.28. The smallest absolute Gasteiger partial charge is 0.224 e. The van der Waals surface area contributed by atoms with E-state index < -0.39 is 0 Å². The largest absolute Gasteiger partial charge is 0.486 e. The van der Waals surface area contributed by atoms with Gasteiger partial charge in [0.2, 0.25) is 11.8 Å². The second-order valence-corrected chi connectivity index (χ2v) is 6.28. The molecule has 1 aromatic heterocycles. The highest BCUT2D eigenvalue weighted by molar-refractivity contribution is 5.83. The zero-order valence-corrected chi connectivity index (χ0v) is 14.0. The molecule has 0 saturated heterocycles. The highest BCUT2D eigenvalue weighted by Gasteiger charge is 2.44. The number of ether oxygens (including phenoxy) is 3. The Bertz CT molecular complexity index is 793. The van der Waals surface area contributed by atoms with Crippen LogP contribution in [0.15, 0.2) is 36.5 Å². The average Bonchev–Trinajstić information content (AvgIpc) is 3.47. The molecule has 1 amide bonds. The molecule has 1 N–H and O–H groups in total. The minimum absolute atomic E-state index is 0.0197. The molecule has 0 unspecified atom stereocenters. The molecule has 0 radical (unpaired) electrons. The predicted octanol–water partition coefficient (Wildman–Crippen LogP) is 2.28. The van der Waals surface area contributed by atoms with Gasteiger partial charge < -0.3 is 19.5 Å². The Labute approximate surface area is 146 Å². The van der Waals surface area contributed by atoms with Crippen LogP contribution in [0, 0.1) is 5.92 Å². The lowest BCUT2D eigenvalue weighted by molar-refractivity contribution is -0.122. The Morgan fingerprint density at radius 2 is 2.08 bits per heavy atom. The standard InChI is InChI=1S/C19H20N2O4/c1-23-18-8-12(4-5-20-18)11-21-19(22)15-10-14(15)13-2-3-16-17(9-13)25-7-6-24-16/h2-5,8-9,14-15H,6-7,10-11H2,1H3,(H,21,22)/t14-,15+/m0/s1. The van der Waals surface area contributed by atoms with Crippen LogP contribution in [-0.2, 0) is 11.3 Å². The summed E-state index contributed by atoms with van der Waals surface area (Å²) in [6.07, 6.45) is 2.54. The van der Waals surface area contributed by atoms with Gasteiger partial charge in [0.05, 0.1) is 7.11 Å². The lowest BCUT2D eigenvalue weighted by atomic mass is 10.1. The molecule has 0 bridgehead atoms. The van der Waals surface area contributed by atoms with Crippen LogP contribution < -0.4 is 19.5 Å². The van der Waals surface area contributed by atoms with Crippen molar-refractivity contribution in [2.75, 3.05) is 20.3 Å². The van der Waals surface area contributed by atoms with E-state index in [9.17, 15) is 4.79 Å². The molecule has 1 fully saturated rings. The van der Waals surface area contributed by atoms with Crippen LogP contribution in [-0.4, -0.2) is 31.2 Å². The highest BCUT2D eigenvalue weighted by atomic mass is 16.6. The first-order chi connectivity index (χ1) is 12.2. The number of pyridine rings is 1. The van der Waals surface area contributed by atoms with Gasteiger partial charge in [-0.05, 0) is 41.7 Å². The van der Waals surface area contributed by atoms with Crippen molar-refractivity contribution in [2.24, 2.45) is 5.92 Å². The molecular weight excluding hydrogens is 320 g/mol. The molecule has 2 atom stereocenters. The fourth-order valence-electron chi connectivity index (χ4n) is 3.14. The first-order valence-corrected chi connectivity index (χ1v) is 8.41. The van der Waals surface area contributed by atoms with Gasteiger partial charge in [0, 0.05) is 24.7 Å². The van der Waals surface area contributed by atoms with Gasteiger partial charge in [-0.1, -0.05) is 6.07 Å². The van der Waals surface area contributed by atoms with Crippen LogP contribution in [0.25, 0.3) is 0 Å². The fraction of sp³-hybridized carbons (Fsp3) is 0.368. The summed E-state index contributed by atoms with van der Waals surface area (Å²) in [5.74, 6) is 2.46. The molecule has 25 heavy (non-hydrogen) atoms. The Morgan fingerprint density at radius 3 is 2.92 bits per heavy atom. The summed E-state index contributed by atoms with van der Waals surface area (Å²) in [7, 11) is 1.58. The minimum Gasteiger partial charge on any atom is -0.486 e. The first-order valence-electron chi connectivity index (χ1n) is 8.41. The van der Waals surface area contributed by atoms with E-state index in [1.54, 1.807) is 13.3 Å². The molecule has 1 aliphatic carbocycles. The number of carbonyl (C=O) groups excluding carboxylic acids is 1. The van der Waals surface area contributed by atoms with Crippen molar-refractivity contribution in [1.82, 2.24) is 10.3 Å². The third kappa shape index (κ3) is 3.38. The summed E-state index contributed by atoms with van der Waals surface area (Å²) in [5, 5.41) is 3.00. The number of carbonyl (C=O) groups is 1. The van der Waals surface area contributed by atoms with Gasteiger partial charge in [0.1, 0.15) is 13.2 Å². The summed E-state index contributed by atoms with van der Waals surface area (Å²) in [5.41, 5.74) is 2.10. The predicted molar refractivity (Wildman–Crippen MR) is 90.9 cm³/mol. The number of rotatable bonds is 5. The van der Waals surface area contributed by atoms with Crippen molar-refractivity contribution in [3.8, 4) is 17.4 Å². The van der Waals surface area contributed by atoms with Crippen LogP contribution >= 0.6 is 0 Å². The molecule has 2 aromatic rings. The molecule has 1 aliphatic heterocycles. The number of nitrogens with one attached hydrogen (secondary N) is 1. The molecule has 2 aliphatic rings. The Hall–Kier alpha value is -2.76. The number of nitrogens with zero attached hydrogens (tertiary/aromatic N) is 1. The molecule has 2 heterocycles. The van der Waals surface area contributed by atoms with Crippen LogP contribution in [0.3, 0.4) is 0 Å². The van der Waals surface area contributed by atoms with Gasteiger partial charge in [-0.2, -0.15) is 0 Å². The van der Waals surface area contributed by atoms with Gasteiger partial charge in [-0.25, -0.2) is 4.98 Å². The number of hydrogen-bond acceptors (Lipinski definition) is 5. The van der Waals surface area contributed by atoms with Crippen LogP contribution in [0.5, 0.6) is 17.4 Å². The Balaban J connectivity index is 1.35. The molecule has 1 aromatic carbocycles. The van der Waals surface area contributed by atoms with Crippen molar-refractivity contribution in [3.63, 3.8) is 0 Å². The second kappa shape index (κ2) is 6.63. The van der Waals surface area contributed by atoms with E-state index >= 15 is 0 Å². The lowest BCUT2D eigenvalue weighted by Gasteiger charge is -2.18. The van der Waals surface area contributed by atoms with Gasteiger partial charge >= 0.3 is 0 Å². The third-order valence-corrected chi connectivity index (χ3v) is 4.60. The average molecular weight is 340 g/mol. The van der Waals surface area contributed by atoms with E-state index in [2.05, 4.69) is 10.3 Å². The van der Waals surface area contributed by atoms with Crippen LogP contribution in [0.2, 0.25) is 0 Å². The summed E-state index contributed by atoms with van der Waals surface area (Å²) >= 11 is 0. The van der Waals surface area contributed by atoms with Crippen LogP contribution in [0.1, 0.15) is 23.5 Å². The molecule has 130 valence electrons. The van der Waals surface area contributed by atoms with E-state index in [0.717, 1.165) is 29.0 Å². The number of benzene rings is 1. The molecule has 1 saturated carbocycles. The number of fused-ring (bicyclic) bond motifs is 1. The molecule has 6 heteroatoms. The van der Waals surface area contributed by atoms with E-state index in [-0.39, 0.29) is 17.7 Å². The maximum atomic E-state index is 12.4. The maximum Gasteiger partial charge on any atom is 0.224 e. The van der Waals surface area contributed by atoms with Gasteiger partial charge in [-0.15, -0.1) is 0 Å². The SMILES string of the molecule is COc1cc(CNC(=O)[C@@H]2C[C@H]2c2ccc3c(c2)OCCO3)ccn1. The van der Waals surface area contributed by atoms with E-state index in [4.69, 9.17) is 14.2 Å². The number of aromatic nitrogens is 1. The molecular formula is C19H20N2O4. The highest BCUT2D eigenvalue weighted by Crippen LogP contribution is 2.49. The quantitative estimate of drug-likeness (QED) is 0.904. The van der Waals surface area contributed by atoms with Crippen molar-refractivity contribution < 1.29 is 19.0 Å². The van der Waals surface area contributed by atoms with E-state index in [1.165, 1.54) is 0 Å². The normalized spacial score (nSPS) is 20.7. The number of amides is 1. The zero-order valence-electron chi connectivity index (χ0n) is 14.0. The third-order valence-electron chi connectivity index (χ3n) is 4.60. The van der Waals surface area contributed by atoms with E-state index in [0.29, 0.717) is 25.6 Å².